The number of non-ortho nitro benzene ring substituents is 1. The summed E-state index contributed by atoms with van der Waals surface area (Å²) in [6.07, 6.45) is -3.26. The summed E-state index contributed by atoms with van der Waals surface area (Å²) in [5, 5.41) is 19.6. The number of esters is 1. The number of nitro groups is 1. The van der Waals surface area contributed by atoms with Crippen LogP contribution in [0.3, 0.4) is 0 Å². The first-order chi connectivity index (χ1) is 19.9. The summed E-state index contributed by atoms with van der Waals surface area (Å²) in [7, 11) is 1.53. The average Bonchev–Trinajstić information content (AvgIpc) is 3.60. The van der Waals surface area contributed by atoms with Gasteiger partial charge in [-0.15, -0.1) is 5.10 Å². The maximum absolute atomic E-state index is 13.6. The molecule has 15 heteroatoms. The van der Waals surface area contributed by atoms with Crippen LogP contribution in [-0.4, -0.2) is 48.5 Å². The number of alkyl halides is 3. The fourth-order valence-corrected chi connectivity index (χ4v) is 5.14. The molecule has 3 aromatic heterocycles. The lowest BCUT2D eigenvalue weighted by molar-refractivity contribution is -0.384. The monoisotopic (exact) mass is 598 g/mol. The van der Waals surface area contributed by atoms with Gasteiger partial charge in [0.05, 0.1) is 47.2 Å². The van der Waals surface area contributed by atoms with Crippen LogP contribution in [0.25, 0.3) is 21.3 Å². The zero-order valence-electron chi connectivity index (χ0n) is 22.0. The topological polar surface area (TPSA) is 135 Å². The van der Waals surface area contributed by atoms with Crippen molar-refractivity contribution in [3.63, 3.8) is 0 Å². The van der Waals surface area contributed by atoms with E-state index in [1.165, 1.54) is 29.5 Å². The molecule has 5 aromatic rings. The minimum atomic E-state index is -4.71. The number of hydrogen-bond donors (Lipinski definition) is 0. The van der Waals surface area contributed by atoms with E-state index in [1.807, 2.05) is 24.3 Å². The number of ether oxygens (including phenoxy) is 2. The number of benzene rings is 2. The van der Waals surface area contributed by atoms with E-state index in [2.05, 4.69) is 19.7 Å². The number of carbonyl (C=O) groups excluding carboxylic acids is 1. The summed E-state index contributed by atoms with van der Waals surface area (Å²) in [4.78, 5) is 27.2. The summed E-state index contributed by atoms with van der Waals surface area (Å²) >= 11 is 1.29. The van der Waals surface area contributed by atoms with Gasteiger partial charge in [-0.3, -0.25) is 10.1 Å². The predicted octanol–water partition coefficient (Wildman–Crippen LogP) is 5.94. The highest BCUT2D eigenvalue weighted by molar-refractivity contribution is 7.13. The van der Waals surface area contributed by atoms with Crippen molar-refractivity contribution < 1.29 is 32.4 Å². The molecule has 0 spiro atoms. The zero-order chi connectivity index (χ0) is 30.1. The van der Waals surface area contributed by atoms with Gasteiger partial charge in [-0.25, -0.2) is 14.5 Å². The van der Waals surface area contributed by atoms with Crippen molar-refractivity contribution >= 4 is 33.3 Å². The number of nitrogens with zero attached hydrogens (tertiary/aromatic N) is 6. The van der Waals surface area contributed by atoms with E-state index in [4.69, 9.17) is 9.47 Å². The summed E-state index contributed by atoms with van der Waals surface area (Å²) in [5.41, 5.74) is -0.466. The molecule has 1 unspecified atom stereocenters. The first kappa shape index (κ1) is 28.6. The van der Waals surface area contributed by atoms with Gasteiger partial charge < -0.3 is 9.47 Å². The van der Waals surface area contributed by atoms with E-state index < -0.39 is 29.1 Å². The Balaban J connectivity index is 1.36. The van der Waals surface area contributed by atoms with Crippen LogP contribution in [0.4, 0.5) is 18.9 Å². The summed E-state index contributed by atoms with van der Waals surface area (Å²) in [6, 6.07) is 13.6. The normalized spacial score (nSPS) is 13.1. The maximum Gasteiger partial charge on any atom is 0.393 e. The van der Waals surface area contributed by atoms with E-state index >= 15 is 0 Å². The molecule has 3 heterocycles. The smallest absolute Gasteiger partial charge is 0.393 e. The van der Waals surface area contributed by atoms with Crippen LogP contribution in [-0.2, 0) is 16.9 Å². The van der Waals surface area contributed by atoms with Crippen molar-refractivity contribution in [2.45, 2.75) is 31.7 Å². The minimum Gasteiger partial charge on any atom is -0.481 e. The molecule has 0 N–H and O–H groups in total. The fourth-order valence-electron chi connectivity index (χ4n) is 4.28. The highest BCUT2D eigenvalue weighted by Crippen LogP contribution is 2.37. The van der Waals surface area contributed by atoms with Crippen LogP contribution in [0, 0.1) is 10.1 Å². The van der Waals surface area contributed by atoms with Crippen molar-refractivity contribution in [2.24, 2.45) is 0 Å². The summed E-state index contributed by atoms with van der Waals surface area (Å²) < 4.78 is 57.9. The molecule has 0 saturated heterocycles. The second-order valence-corrected chi connectivity index (χ2v) is 10.3. The van der Waals surface area contributed by atoms with Crippen molar-refractivity contribution in [2.75, 3.05) is 7.11 Å². The fraction of sp³-hybridized carbons (Fsp3) is 0.222. The van der Waals surface area contributed by atoms with Crippen molar-refractivity contribution in [3.05, 3.63) is 93.9 Å². The van der Waals surface area contributed by atoms with Gasteiger partial charge in [0.1, 0.15) is 5.69 Å². The second-order valence-electron chi connectivity index (χ2n) is 9.47. The zero-order valence-corrected chi connectivity index (χ0v) is 22.8. The molecule has 1 atom stereocenters. The van der Waals surface area contributed by atoms with Gasteiger partial charge in [0.15, 0.2) is 5.60 Å². The van der Waals surface area contributed by atoms with Crippen LogP contribution in [0.1, 0.15) is 35.0 Å². The average molecular weight is 599 g/mol. The highest BCUT2D eigenvalue weighted by atomic mass is 32.1. The second kappa shape index (κ2) is 11.2. The Morgan fingerprint density at radius 2 is 1.88 bits per heavy atom. The first-order valence-corrected chi connectivity index (χ1v) is 13.1. The van der Waals surface area contributed by atoms with Gasteiger partial charge in [-0.05, 0) is 48.3 Å². The Kier molecular flexibility index (Phi) is 7.60. The van der Waals surface area contributed by atoms with Crippen LogP contribution in [0.5, 0.6) is 5.88 Å². The quantitative estimate of drug-likeness (QED) is 0.115. The number of aromatic nitrogens is 5. The number of fused-ring (bicyclic) bond motifs is 1. The molecule has 2 aromatic carbocycles. The molecule has 42 heavy (non-hydrogen) atoms. The van der Waals surface area contributed by atoms with Crippen molar-refractivity contribution in [3.8, 4) is 17.1 Å². The molecule has 5 rings (SSSR count). The SMILES string of the molecule is COc1ccc(-c2nsc3cc(Cn4cc(C(C)(CC(F)(F)F)OC(=O)c5ccc([N+](=O)[O-])cc5)nn4)ccc23)cn1. The number of rotatable bonds is 9. The standard InChI is InChI=1S/C27H21F3N6O5S/c1-26(15-27(28,29)30,41-25(37)17-4-7-19(8-5-17)36(38)39)22-14-35(34-32-22)13-16-3-9-20-21(11-16)42-33-24(20)18-6-10-23(40-2)31-12-18/h3-12,14H,13,15H2,1-2H3. The van der Waals surface area contributed by atoms with E-state index in [-0.39, 0.29) is 23.5 Å². The molecule has 11 nitrogen and oxygen atoms in total. The third-order valence-corrected chi connectivity index (χ3v) is 7.16. The molecule has 0 aliphatic carbocycles. The van der Waals surface area contributed by atoms with E-state index in [1.54, 1.807) is 12.3 Å². The van der Waals surface area contributed by atoms with E-state index in [0.29, 0.717) is 5.88 Å². The summed E-state index contributed by atoms with van der Waals surface area (Å²) in [5.74, 6) is -0.607. The lowest BCUT2D eigenvalue weighted by atomic mass is 9.97. The molecular formula is C27H21F3N6O5S. The first-order valence-electron chi connectivity index (χ1n) is 12.3. The van der Waals surface area contributed by atoms with Gasteiger partial charge in [-0.2, -0.15) is 17.5 Å². The molecule has 216 valence electrons. The molecule has 0 bridgehead atoms. The largest absolute Gasteiger partial charge is 0.481 e. The number of nitro benzene ring substituents is 1. The van der Waals surface area contributed by atoms with Gasteiger partial charge >= 0.3 is 12.1 Å². The Labute approximate surface area is 239 Å². The number of methoxy groups -OCH3 is 1. The van der Waals surface area contributed by atoms with Crippen molar-refractivity contribution in [1.82, 2.24) is 24.4 Å². The lowest BCUT2D eigenvalue weighted by Gasteiger charge is -2.28. The molecule has 0 aliphatic heterocycles. The third kappa shape index (κ3) is 6.20. The van der Waals surface area contributed by atoms with Crippen LogP contribution in [0.15, 0.2) is 67.0 Å². The number of carbonyl (C=O) groups is 1. The molecule has 0 saturated carbocycles. The lowest BCUT2D eigenvalue weighted by Crippen LogP contribution is -2.35. The Hall–Kier alpha value is -4.92. The predicted molar refractivity (Wildman–Crippen MR) is 145 cm³/mol. The minimum absolute atomic E-state index is 0.149. The van der Waals surface area contributed by atoms with Crippen LogP contribution in [0.2, 0.25) is 0 Å². The third-order valence-electron chi connectivity index (χ3n) is 6.35. The van der Waals surface area contributed by atoms with Gasteiger partial charge in [0, 0.05) is 35.3 Å². The van der Waals surface area contributed by atoms with Crippen molar-refractivity contribution in [1.29, 1.82) is 0 Å². The van der Waals surface area contributed by atoms with Gasteiger partial charge in [-0.1, -0.05) is 17.3 Å². The number of pyridine rings is 1. The van der Waals surface area contributed by atoms with Gasteiger partial charge in [0.2, 0.25) is 5.88 Å². The highest BCUT2D eigenvalue weighted by Gasteiger charge is 2.45. The Morgan fingerprint density at radius 3 is 2.52 bits per heavy atom. The van der Waals surface area contributed by atoms with Gasteiger partial charge in [0.25, 0.3) is 5.69 Å². The Bertz CT molecular complexity index is 1750. The molecule has 0 amide bonds. The molecular weight excluding hydrogens is 577 g/mol. The van der Waals surface area contributed by atoms with Crippen LogP contribution < -0.4 is 4.74 Å². The maximum atomic E-state index is 13.6. The summed E-state index contributed by atoms with van der Waals surface area (Å²) in [6.45, 7) is 1.27. The molecule has 0 radical (unpaired) electrons. The molecule has 0 aliphatic rings. The van der Waals surface area contributed by atoms with E-state index in [0.717, 1.165) is 58.1 Å². The number of halogens is 3. The molecule has 0 fully saturated rings. The van der Waals surface area contributed by atoms with Crippen LogP contribution >= 0.6 is 11.5 Å². The van der Waals surface area contributed by atoms with E-state index in [9.17, 15) is 28.1 Å². The Morgan fingerprint density at radius 1 is 1.12 bits per heavy atom. The number of hydrogen-bond acceptors (Lipinski definition) is 10.